The van der Waals surface area contributed by atoms with Crippen LogP contribution in [0, 0.1) is 0 Å². The lowest BCUT2D eigenvalue weighted by Crippen LogP contribution is -2.17. The van der Waals surface area contributed by atoms with Crippen LogP contribution in [0.4, 0.5) is 11.4 Å². The van der Waals surface area contributed by atoms with E-state index in [9.17, 15) is 4.79 Å². The molecular formula is C22H26N4OS. The topological polar surface area (TPSA) is 57.3 Å². The molecule has 2 N–H and O–H groups in total. The zero-order valence-electron chi connectivity index (χ0n) is 16.3. The number of hydrogen-bond donors (Lipinski definition) is 2. The first-order valence-electron chi connectivity index (χ1n) is 9.47. The molecule has 3 aromatic rings. The molecule has 1 aliphatic heterocycles. The highest BCUT2D eigenvalue weighted by molar-refractivity contribution is 7.13. The molecule has 1 aromatic heterocycles. The predicted octanol–water partition coefficient (Wildman–Crippen LogP) is 4.50. The van der Waals surface area contributed by atoms with Crippen molar-refractivity contribution < 1.29 is 4.79 Å². The molecule has 6 heteroatoms. The summed E-state index contributed by atoms with van der Waals surface area (Å²) in [6.07, 6.45) is 2.51. The highest BCUT2D eigenvalue weighted by atomic mass is 32.1. The number of aromatic nitrogens is 1. The Bertz CT molecular complexity index is 871. The van der Waals surface area contributed by atoms with Crippen LogP contribution >= 0.6 is 11.3 Å². The molecule has 0 saturated carbocycles. The van der Waals surface area contributed by atoms with Crippen LogP contribution < -0.4 is 15.5 Å². The zero-order chi connectivity index (χ0) is 19.8. The maximum Gasteiger partial charge on any atom is 0.275 e. The molecule has 0 spiro atoms. The van der Waals surface area contributed by atoms with E-state index in [1.807, 2.05) is 56.6 Å². The minimum atomic E-state index is -0.174. The van der Waals surface area contributed by atoms with E-state index >= 15 is 0 Å². The van der Waals surface area contributed by atoms with Crippen LogP contribution in [0.1, 0.15) is 23.3 Å². The van der Waals surface area contributed by atoms with Gasteiger partial charge in [0.1, 0.15) is 10.7 Å². The summed E-state index contributed by atoms with van der Waals surface area (Å²) in [5.41, 5.74) is 3.49. The van der Waals surface area contributed by atoms with Gasteiger partial charge in [-0.05, 0) is 51.2 Å². The molecule has 4 rings (SSSR count). The van der Waals surface area contributed by atoms with E-state index in [-0.39, 0.29) is 5.91 Å². The van der Waals surface area contributed by atoms with E-state index in [1.165, 1.54) is 29.9 Å². The van der Waals surface area contributed by atoms with E-state index in [0.717, 1.165) is 29.3 Å². The van der Waals surface area contributed by atoms with E-state index < -0.39 is 0 Å². The fourth-order valence-corrected chi connectivity index (χ4v) is 3.82. The third kappa shape index (κ3) is 5.18. The normalized spacial score (nSPS) is 13.0. The number of nitrogens with one attached hydrogen (secondary N) is 2. The van der Waals surface area contributed by atoms with Crippen molar-refractivity contribution in [2.24, 2.45) is 0 Å². The van der Waals surface area contributed by atoms with Gasteiger partial charge in [0.2, 0.25) is 0 Å². The summed E-state index contributed by atoms with van der Waals surface area (Å²) in [5.74, 6) is -0.174. The number of hydrogen-bond acceptors (Lipinski definition) is 5. The van der Waals surface area contributed by atoms with Crippen molar-refractivity contribution in [3.05, 3.63) is 65.7 Å². The zero-order valence-corrected chi connectivity index (χ0v) is 17.1. The lowest BCUT2D eigenvalue weighted by Gasteiger charge is -2.17. The van der Waals surface area contributed by atoms with Crippen molar-refractivity contribution in [3.8, 4) is 10.6 Å². The Hall–Kier alpha value is -2.70. The van der Waals surface area contributed by atoms with E-state index in [1.54, 1.807) is 5.38 Å². The molecule has 1 aliphatic rings. The summed E-state index contributed by atoms with van der Waals surface area (Å²) in [6, 6.07) is 17.9. The van der Waals surface area contributed by atoms with Crippen LogP contribution in [0.2, 0.25) is 0 Å². The molecule has 0 unspecified atom stereocenters. The SMILES string of the molecule is CNC.O=C(Nc1ccc(N2CCCC2)cc1)c1csc(-c2ccccc2)n1. The number of amides is 1. The van der Waals surface area contributed by atoms with E-state index in [4.69, 9.17) is 0 Å². The molecule has 28 heavy (non-hydrogen) atoms. The second kappa shape index (κ2) is 10.0. The number of carbonyl (C=O) groups excluding carboxylic acids is 1. The van der Waals surface area contributed by atoms with Crippen molar-refractivity contribution >= 4 is 28.6 Å². The molecule has 2 heterocycles. The first-order chi connectivity index (χ1) is 13.7. The Balaban J connectivity index is 0.000000706. The average molecular weight is 395 g/mol. The van der Waals surface area contributed by atoms with Crippen molar-refractivity contribution in [2.75, 3.05) is 37.4 Å². The average Bonchev–Trinajstić information content (AvgIpc) is 3.42. The van der Waals surface area contributed by atoms with Crippen LogP contribution in [-0.4, -0.2) is 38.1 Å². The second-order valence-corrected chi connectivity index (χ2v) is 7.46. The summed E-state index contributed by atoms with van der Waals surface area (Å²) >= 11 is 1.48. The number of nitrogens with zero attached hydrogens (tertiary/aromatic N) is 2. The van der Waals surface area contributed by atoms with Gasteiger partial charge in [0.15, 0.2) is 0 Å². The number of anilines is 2. The van der Waals surface area contributed by atoms with E-state index in [2.05, 4.69) is 32.7 Å². The molecule has 1 fully saturated rings. The molecule has 0 atom stereocenters. The number of carbonyl (C=O) groups is 1. The van der Waals surface area contributed by atoms with Crippen LogP contribution in [0.15, 0.2) is 60.0 Å². The van der Waals surface area contributed by atoms with Gasteiger partial charge in [-0.1, -0.05) is 30.3 Å². The fourth-order valence-electron chi connectivity index (χ4n) is 3.02. The molecular weight excluding hydrogens is 368 g/mol. The van der Waals surface area contributed by atoms with Crippen molar-refractivity contribution in [1.29, 1.82) is 0 Å². The fraction of sp³-hybridized carbons (Fsp3) is 0.273. The van der Waals surface area contributed by atoms with Crippen molar-refractivity contribution in [1.82, 2.24) is 10.3 Å². The maximum absolute atomic E-state index is 12.4. The smallest absolute Gasteiger partial charge is 0.275 e. The molecule has 1 saturated heterocycles. The molecule has 5 nitrogen and oxygen atoms in total. The highest BCUT2D eigenvalue weighted by Gasteiger charge is 2.14. The first-order valence-corrected chi connectivity index (χ1v) is 10.3. The third-order valence-corrected chi connectivity index (χ3v) is 5.25. The van der Waals surface area contributed by atoms with Gasteiger partial charge in [-0.3, -0.25) is 4.79 Å². The van der Waals surface area contributed by atoms with Gasteiger partial charge in [-0.25, -0.2) is 4.98 Å². The van der Waals surface area contributed by atoms with Crippen LogP contribution in [0.5, 0.6) is 0 Å². The Morgan fingerprint density at radius 1 is 1.00 bits per heavy atom. The van der Waals surface area contributed by atoms with Crippen molar-refractivity contribution in [2.45, 2.75) is 12.8 Å². The number of benzene rings is 2. The largest absolute Gasteiger partial charge is 0.372 e. The monoisotopic (exact) mass is 394 g/mol. The quantitative estimate of drug-likeness (QED) is 0.684. The Kier molecular flexibility index (Phi) is 7.17. The van der Waals surface area contributed by atoms with Gasteiger partial charge in [0, 0.05) is 35.4 Å². The molecule has 0 radical (unpaired) electrons. The van der Waals surface area contributed by atoms with Gasteiger partial charge in [0.25, 0.3) is 5.91 Å². The van der Waals surface area contributed by atoms with Gasteiger partial charge in [0.05, 0.1) is 0 Å². The standard InChI is InChI=1S/C20H19N3OS.C2H7N/c24-19(18-14-25-20(22-18)15-6-2-1-3-7-15)21-16-8-10-17(11-9-16)23-12-4-5-13-23;1-3-2/h1-3,6-11,14H,4-5,12-13H2,(H,21,24);3H,1-2H3. The highest BCUT2D eigenvalue weighted by Crippen LogP contribution is 2.25. The van der Waals surface area contributed by atoms with Gasteiger partial charge < -0.3 is 15.5 Å². The molecule has 0 aliphatic carbocycles. The Morgan fingerprint density at radius 3 is 2.29 bits per heavy atom. The number of thiazole rings is 1. The van der Waals surface area contributed by atoms with Crippen LogP contribution in [0.25, 0.3) is 10.6 Å². The van der Waals surface area contributed by atoms with Crippen LogP contribution in [0.3, 0.4) is 0 Å². The predicted molar refractivity (Wildman–Crippen MR) is 118 cm³/mol. The van der Waals surface area contributed by atoms with Gasteiger partial charge >= 0.3 is 0 Å². The summed E-state index contributed by atoms with van der Waals surface area (Å²) in [6.45, 7) is 2.24. The Morgan fingerprint density at radius 2 is 1.64 bits per heavy atom. The van der Waals surface area contributed by atoms with Gasteiger partial charge in [-0.15, -0.1) is 11.3 Å². The number of rotatable bonds is 4. The minimum absolute atomic E-state index is 0.174. The summed E-state index contributed by atoms with van der Waals surface area (Å²) in [7, 11) is 3.75. The maximum atomic E-state index is 12.4. The minimum Gasteiger partial charge on any atom is -0.372 e. The van der Waals surface area contributed by atoms with Crippen molar-refractivity contribution in [3.63, 3.8) is 0 Å². The third-order valence-electron chi connectivity index (χ3n) is 4.35. The summed E-state index contributed by atoms with van der Waals surface area (Å²) in [5, 5.41) is 8.34. The second-order valence-electron chi connectivity index (χ2n) is 6.60. The van der Waals surface area contributed by atoms with E-state index in [0.29, 0.717) is 5.69 Å². The lowest BCUT2D eigenvalue weighted by molar-refractivity contribution is 0.102. The molecule has 0 bridgehead atoms. The summed E-state index contributed by atoms with van der Waals surface area (Å²) in [4.78, 5) is 19.3. The Labute approximate surface area is 170 Å². The molecule has 2 aromatic carbocycles. The molecule has 146 valence electrons. The van der Waals surface area contributed by atoms with Crippen LogP contribution in [-0.2, 0) is 0 Å². The molecule has 1 amide bonds. The lowest BCUT2D eigenvalue weighted by atomic mass is 10.2. The summed E-state index contributed by atoms with van der Waals surface area (Å²) < 4.78 is 0. The first kappa shape index (κ1) is 20.0. The van der Waals surface area contributed by atoms with Gasteiger partial charge in [-0.2, -0.15) is 0 Å².